The maximum Gasteiger partial charge on any atom is 0.266 e. The quantitative estimate of drug-likeness (QED) is 0.352. The van der Waals surface area contributed by atoms with Gasteiger partial charge < -0.3 is 0 Å². The summed E-state index contributed by atoms with van der Waals surface area (Å²) >= 11 is 12.3. The van der Waals surface area contributed by atoms with Gasteiger partial charge in [-0.05, 0) is 24.3 Å². The maximum atomic E-state index is 14.2. The van der Waals surface area contributed by atoms with Crippen LogP contribution in [0.2, 0.25) is 10.0 Å². The molecule has 0 saturated carbocycles. The second-order valence-corrected chi connectivity index (χ2v) is 7.19. The smallest absolute Gasteiger partial charge is 0.266 e. The molecule has 0 bridgehead atoms. The van der Waals surface area contributed by atoms with Crippen molar-refractivity contribution < 1.29 is 18.4 Å². The Hall–Kier alpha value is -3.03. The van der Waals surface area contributed by atoms with Gasteiger partial charge in [-0.1, -0.05) is 46.9 Å². The summed E-state index contributed by atoms with van der Waals surface area (Å²) in [6.45, 7) is 0. The van der Waals surface area contributed by atoms with Gasteiger partial charge in [0.2, 0.25) is 5.78 Å². The molecule has 146 valence electrons. The molecular formula is C21H9BCl2F2N2O2. The van der Waals surface area contributed by atoms with Crippen LogP contribution in [0.25, 0.3) is 11.0 Å². The Morgan fingerprint density at radius 1 is 0.967 bits per heavy atom. The predicted molar refractivity (Wildman–Crippen MR) is 111 cm³/mol. The Labute approximate surface area is 180 Å². The number of rotatable bonds is 3. The second-order valence-electron chi connectivity index (χ2n) is 6.38. The van der Waals surface area contributed by atoms with Crippen LogP contribution in [-0.2, 0) is 0 Å². The number of benzene rings is 2. The number of carbonyl (C=O) groups excluding carboxylic acids is 2. The fourth-order valence-corrected chi connectivity index (χ4v) is 3.69. The number of pyridine rings is 1. The van der Waals surface area contributed by atoms with E-state index in [4.69, 9.17) is 31.0 Å². The van der Waals surface area contributed by atoms with Crippen LogP contribution in [-0.4, -0.2) is 29.1 Å². The van der Waals surface area contributed by atoms with E-state index in [1.54, 1.807) is 6.07 Å². The molecule has 30 heavy (non-hydrogen) atoms. The Morgan fingerprint density at radius 3 is 2.20 bits per heavy atom. The Bertz CT molecular complexity index is 1310. The van der Waals surface area contributed by atoms with Gasteiger partial charge in [-0.3, -0.25) is 14.2 Å². The third-order valence-corrected chi connectivity index (χ3v) is 5.12. The van der Waals surface area contributed by atoms with Crippen molar-refractivity contribution >= 4 is 59.2 Å². The van der Waals surface area contributed by atoms with Crippen LogP contribution in [0.4, 0.5) is 8.78 Å². The molecule has 0 aliphatic heterocycles. The van der Waals surface area contributed by atoms with E-state index in [9.17, 15) is 18.4 Å². The van der Waals surface area contributed by atoms with Gasteiger partial charge in [0.05, 0.1) is 26.7 Å². The third kappa shape index (κ3) is 3.30. The summed E-state index contributed by atoms with van der Waals surface area (Å²) in [7, 11) is 5.78. The van der Waals surface area contributed by atoms with E-state index < -0.39 is 28.9 Å². The molecule has 2 heterocycles. The highest BCUT2D eigenvalue weighted by Gasteiger charge is 2.26. The lowest BCUT2D eigenvalue weighted by Crippen LogP contribution is -2.13. The number of hydrogen-bond acceptors (Lipinski definition) is 3. The van der Waals surface area contributed by atoms with E-state index in [2.05, 4.69) is 4.98 Å². The van der Waals surface area contributed by atoms with Crippen LogP contribution in [0, 0.1) is 11.6 Å². The molecule has 4 nitrogen and oxygen atoms in total. The van der Waals surface area contributed by atoms with Crippen molar-refractivity contribution in [3.63, 3.8) is 0 Å². The first kappa shape index (κ1) is 20.3. The summed E-state index contributed by atoms with van der Waals surface area (Å²) in [5.41, 5.74) is -0.642. The van der Waals surface area contributed by atoms with Crippen LogP contribution in [0.5, 0.6) is 0 Å². The molecule has 0 spiro atoms. The molecule has 2 aromatic heterocycles. The van der Waals surface area contributed by atoms with Gasteiger partial charge in [0.25, 0.3) is 5.91 Å². The number of ketones is 1. The summed E-state index contributed by atoms with van der Waals surface area (Å²) in [6.07, 6.45) is 2.44. The van der Waals surface area contributed by atoms with Gasteiger partial charge in [-0.2, -0.15) is 0 Å². The molecule has 0 fully saturated rings. The first-order valence-electron chi connectivity index (χ1n) is 8.53. The van der Waals surface area contributed by atoms with Crippen molar-refractivity contribution in [2.45, 2.75) is 0 Å². The molecule has 0 N–H and O–H groups in total. The minimum Gasteiger partial charge on any atom is -0.288 e. The number of nitrogens with zero attached hydrogens (tertiary/aromatic N) is 2. The fraction of sp³-hybridized carbons (Fsp3) is 0. The number of aromatic nitrogens is 2. The summed E-state index contributed by atoms with van der Waals surface area (Å²) in [5, 5.41) is 0.342. The largest absolute Gasteiger partial charge is 0.288 e. The normalized spacial score (nSPS) is 11.1. The number of fused-ring (bicyclic) bond motifs is 1. The fourth-order valence-electron chi connectivity index (χ4n) is 3.13. The van der Waals surface area contributed by atoms with Crippen LogP contribution >= 0.6 is 23.2 Å². The lowest BCUT2D eigenvalue weighted by Gasteiger charge is -2.07. The standard InChI is InChI=1S/C21H9BCl2F2N2O2/c22-10-7-11-12(19(29)18-15(25)5-2-6-16(18)26)9-28(20(11)27-8-10)21(30)17-13(23)3-1-4-14(17)24/h1-9H. The van der Waals surface area contributed by atoms with Crippen molar-refractivity contribution in [3.8, 4) is 0 Å². The van der Waals surface area contributed by atoms with Gasteiger partial charge in [0.15, 0.2) is 0 Å². The topological polar surface area (TPSA) is 52.0 Å². The zero-order valence-corrected chi connectivity index (χ0v) is 16.5. The summed E-state index contributed by atoms with van der Waals surface area (Å²) in [4.78, 5) is 30.3. The van der Waals surface area contributed by atoms with Gasteiger partial charge in [0.1, 0.15) is 25.1 Å². The summed E-state index contributed by atoms with van der Waals surface area (Å²) < 4.78 is 29.4. The average Bonchev–Trinajstić information content (AvgIpc) is 3.06. The van der Waals surface area contributed by atoms with Crippen LogP contribution in [0.1, 0.15) is 26.3 Å². The first-order valence-corrected chi connectivity index (χ1v) is 9.29. The second kappa shape index (κ2) is 7.67. The molecule has 4 rings (SSSR count). The molecule has 0 atom stereocenters. The average molecular weight is 441 g/mol. The zero-order valence-electron chi connectivity index (χ0n) is 15.0. The minimum absolute atomic E-state index is 0.00701. The molecule has 0 saturated heterocycles. The number of halogens is 4. The van der Waals surface area contributed by atoms with E-state index >= 15 is 0 Å². The highest BCUT2D eigenvalue weighted by molar-refractivity contribution is 6.40. The predicted octanol–water partition coefficient (Wildman–Crippen LogP) is 4.33. The minimum atomic E-state index is -1.03. The molecule has 2 radical (unpaired) electrons. The Morgan fingerprint density at radius 2 is 1.57 bits per heavy atom. The SMILES string of the molecule is [B]c1cnc2c(c1)c(C(=O)c1c(F)cccc1F)cn2C(=O)c1c(Cl)cccc1Cl. The van der Waals surface area contributed by atoms with Gasteiger partial charge in [0, 0.05) is 17.8 Å². The molecule has 0 amide bonds. The monoisotopic (exact) mass is 440 g/mol. The molecule has 0 aliphatic rings. The van der Waals surface area contributed by atoms with Gasteiger partial charge in [-0.25, -0.2) is 13.8 Å². The van der Waals surface area contributed by atoms with Gasteiger partial charge >= 0.3 is 0 Å². The zero-order chi connectivity index (χ0) is 21.6. The van der Waals surface area contributed by atoms with Crippen molar-refractivity contribution in [3.05, 3.63) is 93.2 Å². The Balaban J connectivity index is 1.97. The third-order valence-electron chi connectivity index (χ3n) is 4.49. The van der Waals surface area contributed by atoms with Crippen LogP contribution in [0.15, 0.2) is 54.9 Å². The van der Waals surface area contributed by atoms with Gasteiger partial charge in [-0.15, -0.1) is 0 Å². The van der Waals surface area contributed by atoms with Crippen molar-refractivity contribution in [2.75, 3.05) is 0 Å². The Kier molecular flexibility index (Phi) is 5.18. The molecule has 9 heteroatoms. The van der Waals surface area contributed by atoms with E-state index in [0.29, 0.717) is 0 Å². The van der Waals surface area contributed by atoms with E-state index in [1.807, 2.05) is 0 Å². The highest BCUT2D eigenvalue weighted by Crippen LogP contribution is 2.29. The van der Waals surface area contributed by atoms with Crippen molar-refractivity contribution in [1.29, 1.82) is 0 Å². The van der Waals surface area contributed by atoms with Crippen LogP contribution in [0.3, 0.4) is 0 Å². The summed E-state index contributed by atoms with van der Waals surface area (Å²) in [6, 6.07) is 9.02. The molecule has 0 unspecified atom stereocenters. The van der Waals surface area contributed by atoms with E-state index in [-0.39, 0.29) is 37.7 Å². The van der Waals surface area contributed by atoms with Crippen molar-refractivity contribution in [1.82, 2.24) is 9.55 Å². The molecule has 0 aliphatic carbocycles. The first-order chi connectivity index (χ1) is 14.3. The summed E-state index contributed by atoms with van der Waals surface area (Å²) in [5.74, 6) is -3.68. The lowest BCUT2D eigenvalue weighted by molar-refractivity contribution is 0.0964. The molecular weight excluding hydrogens is 432 g/mol. The maximum absolute atomic E-state index is 14.2. The van der Waals surface area contributed by atoms with E-state index in [0.717, 1.165) is 29.0 Å². The van der Waals surface area contributed by atoms with Crippen molar-refractivity contribution in [2.24, 2.45) is 0 Å². The number of hydrogen-bond donors (Lipinski definition) is 0. The molecule has 2 aromatic carbocycles. The highest BCUT2D eigenvalue weighted by atomic mass is 35.5. The van der Waals surface area contributed by atoms with E-state index in [1.165, 1.54) is 24.4 Å². The van der Waals surface area contributed by atoms with Crippen LogP contribution < -0.4 is 5.46 Å². The number of carbonyl (C=O) groups is 2. The lowest BCUT2D eigenvalue weighted by atomic mass is 9.95. The molecule has 4 aromatic rings.